The number of pyridine rings is 1. The molecule has 7 rings (SSSR count). The van der Waals surface area contributed by atoms with Gasteiger partial charge in [-0.1, -0.05) is 18.2 Å². The lowest BCUT2D eigenvalue weighted by atomic mass is 9.51. The number of aliphatic hydroxyl groups is 1. The Morgan fingerprint density at radius 3 is 2.41 bits per heavy atom. The maximum Gasteiger partial charge on any atom is 0.248 e. The van der Waals surface area contributed by atoms with Crippen LogP contribution < -0.4 is 15.6 Å². The Hall–Kier alpha value is -2.83. The number of benzene rings is 2. The minimum absolute atomic E-state index is 0.00288. The Balaban J connectivity index is 0.942. The molecule has 4 fully saturated rings. The summed E-state index contributed by atoms with van der Waals surface area (Å²) in [4.78, 5) is 14.2. The molecule has 4 N–H and O–H groups in total. The highest BCUT2D eigenvalue weighted by Gasteiger charge is 2.47. The number of phenolic OH excluding ortho intramolecular Hbond substituents is 1. The van der Waals surface area contributed by atoms with E-state index in [-0.39, 0.29) is 11.3 Å². The van der Waals surface area contributed by atoms with Crippen LogP contribution in [0.2, 0.25) is 0 Å². The van der Waals surface area contributed by atoms with Crippen LogP contribution in [-0.4, -0.2) is 34.9 Å². The Bertz CT molecular complexity index is 1260. The van der Waals surface area contributed by atoms with Crippen molar-refractivity contribution in [1.29, 1.82) is 0 Å². The monoisotopic (exact) mass is 502 g/mol. The zero-order chi connectivity index (χ0) is 25.4. The van der Waals surface area contributed by atoms with E-state index in [1.807, 2.05) is 0 Å². The first-order valence-corrected chi connectivity index (χ1v) is 14.0. The Morgan fingerprint density at radius 1 is 0.946 bits per heavy atom. The summed E-state index contributed by atoms with van der Waals surface area (Å²) in [5, 5.41) is 24.7. The topological polar surface area (TPSA) is 94.6 Å². The number of hydrogen-bond acceptors (Lipinski definition) is 5. The molecule has 2 aromatic carbocycles. The van der Waals surface area contributed by atoms with Gasteiger partial charge >= 0.3 is 0 Å². The number of H-pyrrole nitrogens is 1. The number of aromatic hydroxyl groups is 1. The van der Waals surface area contributed by atoms with E-state index in [1.165, 1.54) is 56.2 Å². The predicted molar refractivity (Wildman–Crippen MR) is 145 cm³/mol. The SMILES string of the molecule is O=c1ccc2c([C@@H](O)CNCCc3ccc(OCCC4C5CC6CC(C5)CC4C6)cc3)ccc(O)c2[nH]1. The van der Waals surface area contributed by atoms with Crippen LogP contribution in [0.1, 0.15) is 55.8 Å². The van der Waals surface area contributed by atoms with Gasteiger partial charge < -0.3 is 25.3 Å². The van der Waals surface area contributed by atoms with Crippen LogP contribution in [-0.2, 0) is 6.42 Å². The fourth-order valence-corrected chi connectivity index (χ4v) is 7.71. The number of nitrogens with one attached hydrogen (secondary N) is 2. The first kappa shape index (κ1) is 24.5. The molecule has 37 heavy (non-hydrogen) atoms. The van der Waals surface area contributed by atoms with Crippen LogP contribution in [0, 0.1) is 29.6 Å². The third-order valence-corrected chi connectivity index (χ3v) is 9.26. The molecular formula is C31H38N2O4. The molecule has 1 atom stereocenters. The second-order valence-electron chi connectivity index (χ2n) is 11.6. The molecule has 6 nitrogen and oxygen atoms in total. The minimum Gasteiger partial charge on any atom is -0.506 e. The highest BCUT2D eigenvalue weighted by molar-refractivity contribution is 5.87. The Kier molecular flexibility index (Phi) is 6.96. The van der Waals surface area contributed by atoms with E-state index >= 15 is 0 Å². The van der Waals surface area contributed by atoms with Crippen molar-refractivity contribution >= 4 is 10.9 Å². The van der Waals surface area contributed by atoms with Gasteiger partial charge in [0.15, 0.2) is 0 Å². The number of aromatic nitrogens is 1. The molecule has 196 valence electrons. The standard InChI is InChI=1S/C31H38N2O4/c34-28-7-5-26(27-6-8-30(36)33-31(27)28)29(35)18-32-11-9-19-1-3-24(4-2-19)37-12-10-25-22-14-20-13-21(16-22)17-23(25)15-20/h1-8,20-23,25,29,32,34-35H,9-18H2,(H,33,36)/t20?,21?,22?,23?,25?,29-/m0/s1. The summed E-state index contributed by atoms with van der Waals surface area (Å²) in [6, 6.07) is 14.6. The van der Waals surface area contributed by atoms with Gasteiger partial charge in [-0.15, -0.1) is 0 Å². The normalized spacial score (nSPS) is 27.0. The van der Waals surface area contributed by atoms with E-state index in [9.17, 15) is 15.0 Å². The van der Waals surface area contributed by atoms with Gasteiger partial charge in [0.2, 0.25) is 5.56 Å². The second kappa shape index (κ2) is 10.5. The molecule has 0 amide bonds. The van der Waals surface area contributed by atoms with Gasteiger partial charge in [-0.25, -0.2) is 0 Å². The van der Waals surface area contributed by atoms with E-state index in [1.54, 1.807) is 12.1 Å². The van der Waals surface area contributed by atoms with Crippen molar-refractivity contribution in [2.45, 2.75) is 51.0 Å². The van der Waals surface area contributed by atoms with Gasteiger partial charge in [-0.05, 0) is 116 Å². The summed E-state index contributed by atoms with van der Waals surface area (Å²) in [6.07, 6.45) is 8.72. The zero-order valence-electron chi connectivity index (χ0n) is 21.4. The van der Waals surface area contributed by atoms with Gasteiger partial charge in [0, 0.05) is 18.0 Å². The van der Waals surface area contributed by atoms with Crippen LogP contribution in [0.4, 0.5) is 0 Å². The molecule has 1 heterocycles. The van der Waals surface area contributed by atoms with Gasteiger partial charge in [-0.2, -0.15) is 0 Å². The number of rotatable bonds is 10. The van der Waals surface area contributed by atoms with Gasteiger partial charge in [-0.3, -0.25) is 4.79 Å². The third-order valence-electron chi connectivity index (χ3n) is 9.26. The summed E-state index contributed by atoms with van der Waals surface area (Å²) < 4.78 is 6.14. The molecule has 4 saturated carbocycles. The lowest BCUT2D eigenvalue weighted by Crippen LogP contribution is -2.45. The van der Waals surface area contributed by atoms with Gasteiger partial charge in [0.05, 0.1) is 18.2 Å². The average Bonchev–Trinajstić information content (AvgIpc) is 2.89. The molecule has 0 spiro atoms. The Labute approximate surface area is 218 Å². The maximum absolute atomic E-state index is 11.6. The number of aromatic amines is 1. The number of hydrogen-bond donors (Lipinski definition) is 4. The molecule has 0 radical (unpaired) electrons. The lowest BCUT2D eigenvalue weighted by Gasteiger charge is -2.54. The Morgan fingerprint density at radius 2 is 1.68 bits per heavy atom. The van der Waals surface area contributed by atoms with Crippen molar-refractivity contribution in [3.63, 3.8) is 0 Å². The molecule has 0 saturated heterocycles. The molecular weight excluding hydrogens is 464 g/mol. The van der Waals surface area contributed by atoms with Crippen molar-refractivity contribution in [3.05, 3.63) is 70.0 Å². The summed E-state index contributed by atoms with van der Waals surface area (Å²) in [5.74, 6) is 5.82. The smallest absolute Gasteiger partial charge is 0.248 e. The largest absolute Gasteiger partial charge is 0.506 e. The number of fused-ring (bicyclic) bond motifs is 1. The van der Waals surface area contributed by atoms with E-state index in [0.29, 0.717) is 23.0 Å². The highest BCUT2D eigenvalue weighted by atomic mass is 16.5. The quantitative estimate of drug-likeness (QED) is 0.295. The van der Waals surface area contributed by atoms with Crippen LogP contribution in [0.15, 0.2) is 53.3 Å². The number of ether oxygens (including phenoxy) is 1. The number of phenols is 1. The fraction of sp³-hybridized carbons (Fsp3) is 0.516. The first-order valence-electron chi connectivity index (χ1n) is 14.0. The van der Waals surface area contributed by atoms with Crippen LogP contribution in [0.3, 0.4) is 0 Å². The third kappa shape index (κ3) is 5.27. The van der Waals surface area contributed by atoms with Crippen molar-refractivity contribution in [1.82, 2.24) is 10.3 Å². The van der Waals surface area contributed by atoms with E-state index in [4.69, 9.17) is 4.74 Å². The predicted octanol–water partition coefficient (Wildman–Crippen LogP) is 4.94. The van der Waals surface area contributed by atoms with Crippen molar-refractivity contribution in [2.75, 3.05) is 19.7 Å². The number of aliphatic hydroxyl groups excluding tert-OH is 1. The molecule has 1 aromatic heterocycles. The average molecular weight is 503 g/mol. The summed E-state index contributed by atoms with van der Waals surface area (Å²) >= 11 is 0. The van der Waals surface area contributed by atoms with Crippen LogP contribution in [0.25, 0.3) is 10.9 Å². The second-order valence-corrected chi connectivity index (χ2v) is 11.6. The van der Waals surface area contributed by atoms with Gasteiger partial charge in [0.1, 0.15) is 11.5 Å². The molecule has 0 aliphatic heterocycles. The highest BCUT2D eigenvalue weighted by Crippen LogP contribution is 2.57. The lowest BCUT2D eigenvalue weighted by molar-refractivity contribution is -0.0435. The van der Waals surface area contributed by atoms with Crippen LogP contribution in [0.5, 0.6) is 11.5 Å². The minimum atomic E-state index is -0.751. The molecule has 4 aliphatic carbocycles. The summed E-state index contributed by atoms with van der Waals surface area (Å²) in [6.45, 7) is 1.94. The first-order chi connectivity index (χ1) is 18.0. The molecule has 4 aliphatic rings. The molecule has 0 unspecified atom stereocenters. The molecule has 4 bridgehead atoms. The van der Waals surface area contributed by atoms with Crippen LogP contribution >= 0.6 is 0 Å². The summed E-state index contributed by atoms with van der Waals surface area (Å²) in [7, 11) is 0. The van der Waals surface area contributed by atoms with Crippen molar-refractivity contribution in [3.8, 4) is 11.5 Å². The maximum atomic E-state index is 11.6. The van der Waals surface area contributed by atoms with Gasteiger partial charge in [0.25, 0.3) is 0 Å². The molecule has 3 aromatic rings. The van der Waals surface area contributed by atoms with Crippen molar-refractivity contribution in [2.24, 2.45) is 29.6 Å². The van der Waals surface area contributed by atoms with Crippen molar-refractivity contribution < 1.29 is 14.9 Å². The molecule has 6 heteroatoms. The van der Waals surface area contributed by atoms with E-state index in [2.05, 4.69) is 34.6 Å². The fourth-order valence-electron chi connectivity index (χ4n) is 7.71. The van der Waals surface area contributed by atoms with E-state index in [0.717, 1.165) is 54.9 Å². The summed E-state index contributed by atoms with van der Waals surface area (Å²) in [5.41, 5.74) is 1.96. The zero-order valence-corrected chi connectivity index (χ0v) is 21.4. The van der Waals surface area contributed by atoms with E-state index < -0.39 is 6.10 Å².